The molecule has 0 amide bonds. The Morgan fingerprint density at radius 3 is 2.53 bits per heavy atom. The van der Waals surface area contributed by atoms with Crippen molar-refractivity contribution in [2.24, 2.45) is 0 Å². The molecule has 5 heteroatoms. The molecule has 3 nitrogen and oxygen atoms in total. The number of benzene rings is 1. The molecule has 0 radical (unpaired) electrons. The molecule has 1 N–H and O–H groups in total. The van der Waals surface area contributed by atoms with Crippen LogP contribution in [0.1, 0.15) is 26.5 Å². The van der Waals surface area contributed by atoms with Gasteiger partial charge in [0, 0.05) is 23.0 Å². The molecule has 0 unspecified atom stereocenters. The third-order valence-electron chi connectivity index (χ3n) is 2.94. The second kappa shape index (κ2) is 5.13. The first-order valence-electron chi connectivity index (χ1n) is 5.99. The van der Waals surface area contributed by atoms with Gasteiger partial charge in [-0.05, 0) is 46.3 Å². The fourth-order valence-electron chi connectivity index (χ4n) is 1.97. The maximum Gasteiger partial charge on any atom is 0.182 e. The molecule has 0 atom stereocenters. The number of hydrogen-bond donors (Lipinski definition) is 1. The summed E-state index contributed by atoms with van der Waals surface area (Å²) in [6.07, 6.45) is 1.97. The number of aromatic amines is 1. The van der Waals surface area contributed by atoms with Gasteiger partial charge in [0.1, 0.15) is 5.75 Å². The van der Waals surface area contributed by atoms with E-state index in [9.17, 15) is 0 Å². The first-order valence-corrected chi connectivity index (χ1v) is 7.19. The Kier molecular flexibility index (Phi) is 3.87. The van der Waals surface area contributed by atoms with Crippen LogP contribution in [-0.2, 0) is 5.41 Å². The van der Waals surface area contributed by atoms with Crippen molar-refractivity contribution in [3.05, 3.63) is 39.3 Å². The minimum atomic E-state index is 0.0139. The van der Waals surface area contributed by atoms with Gasteiger partial charge < -0.3 is 9.72 Å². The minimum absolute atomic E-state index is 0.0139. The molecule has 0 aliphatic carbocycles. The summed E-state index contributed by atoms with van der Waals surface area (Å²) < 4.78 is 8.92. The molecule has 0 bridgehead atoms. The van der Waals surface area contributed by atoms with Crippen LogP contribution in [0.15, 0.2) is 28.9 Å². The lowest BCUT2D eigenvalue weighted by atomic mass is 9.92. The lowest BCUT2D eigenvalue weighted by Crippen LogP contribution is -2.16. The van der Waals surface area contributed by atoms with Crippen molar-refractivity contribution in [3.63, 3.8) is 0 Å². The van der Waals surface area contributed by atoms with E-state index in [1.54, 1.807) is 7.11 Å². The predicted molar refractivity (Wildman–Crippen MR) is 83.9 cm³/mol. The molecular formula is C14H17BrN2OS. The van der Waals surface area contributed by atoms with E-state index in [-0.39, 0.29) is 5.41 Å². The Bertz CT molecular complexity index is 652. The third-order valence-corrected chi connectivity index (χ3v) is 3.86. The molecule has 1 aromatic carbocycles. The van der Waals surface area contributed by atoms with Gasteiger partial charge in [0.15, 0.2) is 4.77 Å². The molecule has 1 aromatic heterocycles. The summed E-state index contributed by atoms with van der Waals surface area (Å²) in [6, 6.07) is 5.95. The number of aromatic nitrogens is 2. The molecule has 2 rings (SSSR count). The van der Waals surface area contributed by atoms with Gasteiger partial charge >= 0.3 is 0 Å². The highest BCUT2D eigenvalue weighted by molar-refractivity contribution is 9.10. The summed E-state index contributed by atoms with van der Waals surface area (Å²) in [5.41, 5.74) is 2.18. The highest BCUT2D eigenvalue weighted by Gasteiger charge is 2.20. The zero-order chi connectivity index (χ0) is 14.2. The number of ether oxygens (including phenoxy) is 1. The van der Waals surface area contributed by atoms with Crippen molar-refractivity contribution < 1.29 is 4.74 Å². The maximum atomic E-state index is 5.39. The number of H-pyrrole nitrogens is 1. The van der Waals surface area contributed by atoms with Crippen molar-refractivity contribution in [2.45, 2.75) is 26.2 Å². The first-order chi connectivity index (χ1) is 8.84. The van der Waals surface area contributed by atoms with E-state index >= 15 is 0 Å². The molecule has 2 aromatic rings. The van der Waals surface area contributed by atoms with Crippen molar-refractivity contribution in [1.29, 1.82) is 0 Å². The number of methoxy groups -OCH3 is 1. The topological polar surface area (TPSA) is 29.9 Å². The highest BCUT2D eigenvalue weighted by atomic mass is 79.9. The number of nitrogens with zero attached hydrogens (tertiary/aromatic N) is 1. The van der Waals surface area contributed by atoms with Gasteiger partial charge in [-0.15, -0.1) is 0 Å². The zero-order valence-corrected chi connectivity index (χ0v) is 13.9. The van der Waals surface area contributed by atoms with Crippen LogP contribution in [0.3, 0.4) is 0 Å². The molecule has 19 heavy (non-hydrogen) atoms. The van der Waals surface area contributed by atoms with E-state index < -0.39 is 0 Å². The molecule has 0 spiro atoms. The Balaban J connectivity index is 2.63. The van der Waals surface area contributed by atoms with Crippen LogP contribution in [-0.4, -0.2) is 16.7 Å². The quantitative estimate of drug-likeness (QED) is 0.809. The van der Waals surface area contributed by atoms with Crippen LogP contribution in [0, 0.1) is 4.77 Å². The summed E-state index contributed by atoms with van der Waals surface area (Å²) in [4.78, 5) is 3.12. The van der Waals surface area contributed by atoms with Gasteiger partial charge in [-0.3, -0.25) is 4.57 Å². The fraction of sp³-hybridized carbons (Fsp3) is 0.357. The lowest BCUT2D eigenvalue weighted by molar-refractivity contribution is 0.412. The Labute approximate surface area is 126 Å². The van der Waals surface area contributed by atoms with E-state index in [1.165, 1.54) is 0 Å². The van der Waals surface area contributed by atoms with Gasteiger partial charge in [-0.25, -0.2) is 0 Å². The number of hydrogen-bond acceptors (Lipinski definition) is 2. The standard InChI is InChI=1S/C14H17BrN2OS/c1-14(2,3)12-8-16-13(19)17(12)9-5-6-11(18-4)10(15)7-9/h5-8H,1-4H3,(H,16,19). The molecule has 0 saturated heterocycles. The van der Waals surface area contributed by atoms with E-state index in [4.69, 9.17) is 17.0 Å². The van der Waals surface area contributed by atoms with Crippen LogP contribution in [0.4, 0.5) is 0 Å². The van der Waals surface area contributed by atoms with Gasteiger partial charge in [-0.1, -0.05) is 20.8 Å². The predicted octanol–water partition coefficient (Wildman–Crippen LogP) is 4.60. The zero-order valence-electron chi connectivity index (χ0n) is 11.5. The normalized spacial score (nSPS) is 11.6. The van der Waals surface area contributed by atoms with Gasteiger partial charge in [0.2, 0.25) is 0 Å². The molecule has 0 saturated carbocycles. The van der Waals surface area contributed by atoms with Crippen LogP contribution in [0.5, 0.6) is 5.75 Å². The monoisotopic (exact) mass is 340 g/mol. The van der Waals surface area contributed by atoms with Crippen LogP contribution in [0.2, 0.25) is 0 Å². The minimum Gasteiger partial charge on any atom is -0.496 e. The molecule has 0 fully saturated rings. The van der Waals surface area contributed by atoms with Crippen molar-refractivity contribution in [1.82, 2.24) is 9.55 Å². The number of nitrogens with one attached hydrogen (secondary N) is 1. The van der Waals surface area contributed by atoms with Gasteiger partial charge in [0.25, 0.3) is 0 Å². The molecule has 102 valence electrons. The Hall–Kier alpha value is -1.07. The Morgan fingerprint density at radius 1 is 1.32 bits per heavy atom. The molecule has 0 aliphatic heterocycles. The molecule has 0 aliphatic rings. The van der Waals surface area contributed by atoms with Crippen LogP contribution < -0.4 is 4.74 Å². The third kappa shape index (κ3) is 2.77. The average Bonchev–Trinajstić information content (AvgIpc) is 2.70. The van der Waals surface area contributed by atoms with E-state index in [0.29, 0.717) is 4.77 Å². The van der Waals surface area contributed by atoms with Gasteiger partial charge in [0.05, 0.1) is 11.6 Å². The number of rotatable bonds is 2. The number of halogens is 1. The molecule has 1 heterocycles. The smallest absolute Gasteiger partial charge is 0.182 e. The van der Waals surface area contributed by atoms with Gasteiger partial charge in [-0.2, -0.15) is 0 Å². The highest BCUT2D eigenvalue weighted by Crippen LogP contribution is 2.30. The summed E-state index contributed by atoms with van der Waals surface area (Å²) >= 11 is 8.90. The summed E-state index contributed by atoms with van der Waals surface area (Å²) in [5.74, 6) is 0.808. The molecular weight excluding hydrogens is 324 g/mol. The van der Waals surface area contributed by atoms with Crippen LogP contribution in [0.25, 0.3) is 5.69 Å². The van der Waals surface area contributed by atoms with E-state index in [1.807, 2.05) is 24.4 Å². The second-order valence-electron chi connectivity index (χ2n) is 5.38. The summed E-state index contributed by atoms with van der Waals surface area (Å²) in [5, 5.41) is 0. The SMILES string of the molecule is COc1ccc(-n2c(C(C)(C)C)c[nH]c2=S)cc1Br. The summed E-state index contributed by atoms with van der Waals surface area (Å²) in [7, 11) is 1.66. The largest absolute Gasteiger partial charge is 0.496 e. The van der Waals surface area contributed by atoms with Crippen molar-refractivity contribution in [2.75, 3.05) is 7.11 Å². The fourth-order valence-corrected chi connectivity index (χ4v) is 2.76. The maximum absolute atomic E-state index is 5.39. The van der Waals surface area contributed by atoms with Crippen molar-refractivity contribution >= 4 is 28.1 Å². The van der Waals surface area contributed by atoms with Crippen LogP contribution >= 0.6 is 28.1 Å². The van der Waals surface area contributed by atoms with E-state index in [2.05, 4.69) is 46.3 Å². The average molecular weight is 341 g/mol. The number of imidazole rings is 1. The Morgan fingerprint density at radius 2 is 2.00 bits per heavy atom. The second-order valence-corrected chi connectivity index (χ2v) is 6.62. The summed E-state index contributed by atoms with van der Waals surface area (Å²) in [6.45, 7) is 6.50. The van der Waals surface area contributed by atoms with E-state index in [0.717, 1.165) is 21.6 Å². The first kappa shape index (κ1) is 14.3. The van der Waals surface area contributed by atoms with Crippen molar-refractivity contribution in [3.8, 4) is 11.4 Å². The lowest BCUT2D eigenvalue weighted by Gasteiger charge is -2.21.